The topological polar surface area (TPSA) is 58.6 Å². The van der Waals surface area contributed by atoms with E-state index < -0.39 is 0 Å². The van der Waals surface area contributed by atoms with Gasteiger partial charge in [-0.25, -0.2) is 4.98 Å². The quantitative estimate of drug-likeness (QED) is 0.772. The van der Waals surface area contributed by atoms with Gasteiger partial charge in [0, 0.05) is 33.1 Å². The van der Waals surface area contributed by atoms with Gasteiger partial charge in [-0.1, -0.05) is 0 Å². The third kappa shape index (κ3) is 3.69. The van der Waals surface area contributed by atoms with Crippen LogP contribution in [0.1, 0.15) is 19.5 Å². The zero-order chi connectivity index (χ0) is 14.4. The van der Waals surface area contributed by atoms with E-state index in [1.807, 2.05) is 11.8 Å². The van der Waals surface area contributed by atoms with Gasteiger partial charge in [0.05, 0.1) is 31.0 Å². The van der Waals surface area contributed by atoms with Crippen molar-refractivity contribution in [2.75, 3.05) is 37.7 Å². The number of carbonyl (C=O) groups is 1. The SMILES string of the molecule is CCO/C=C/c1cncc(N2CCN(C(C)=O)CC2)n1. The van der Waals surface area contributed by atoms with Gasteiger partial charge in [-0.15, -0.1) is 0 Å². The highest BCUT2D eigenvalue weighted by Crippen LogP contribution is 2.13. The van der Waals surface area contributed by atoms with Crippen molar-refractivity contribution in [3.63, 3.8) is 0 Å². The average molecular weight is 276 g/mol. The van der Waals surface area contributed by atoms with E-state index in [4.69, 9.17) is 4.74 Å². The highest BCUT2D eigenvalue weighted by molar-refractivity contribution is 5.73. The summed E-state index contributed by atoms with van der Waals surface area (Å²) in [5.74, 6) is 0.969. The molecule has 6 heteroatoms. The Morgan fingerprint density at radius 3 is 2.75 bits per heavy atom. The second kappa shape index (κ2) is 6.88. The maximum Gasteiger partial charge on any atom is 0.219 e. The van der Waals surface area contributed by atoms with Crippen LogP contribution in [-0.4, -0.2) is 53.6 Å². The van der Waals surface area contributed by atoms with Crippen molar-refractivity contribution in [3.05, 3.63) is 24.3 Å². The molecule has 6 nitrogen and oxygen atoms in total. The number of piperazine rings is 1. The summed E-state index contributed by atoms with van der Waals surface area (Å²) in [6.45, 7) is 7.21. The summed E-state index contributed by atoms with van der Waals surface area (Å²) in [6.07, 6.45) is 6.87. The number of amides is 1. The molecule has 0 aromatic carbocycles. The first-order valence-electron chi connectivity index (χ1n) is 6.81. The molecule has 1 amide bonds. The van der Waals surface area contributed by atoms with Gasteiger partial charge in [-0.05, 0) is 13.0 Å². The van der Waals surface area contributed by atoms with Crippen LogP contribution < -0.4 is 4.90 Å². The molecule has 0 aliphatic carbocycles. The minimum Gasteiger partial charge on any atom is -0.501 e. The summed E-state index contributed by atoms with van der Waals surface area (Å²) in [5.41, 5.74) is 0.768. The number of hydrogen-bond donors (Lipinski definition) is 0. The molecule has 0 atom stereocenters. The van der Waals surface area contributed by atoms with Crippen LogP contribution in [-0.2, 0) is 9.53 Å². The van der Waals surface area contributed by atoms with Crippen LogP contribution >= 0.6 is 0 Å². The molecule has 1 aromatic heterocycles. The minimum absolute atomic E-state index is 0.129. The molecule has 0 bridgehead atoms. The maximum absolute atomic E-state index is 11.3. The Morgan fingerprint density at radius 1 is 1.35 bits per heavy atom. The fraction of sp³-hybridized carbons (Fsp3) is 0.500. The molecule has 1 aliphatic rings. The number of carbonyl (C=O) groups excluding carboxylic acids is 1. The Hall–Kier alpha value is -2.11. The van der Waals surface area contributed by atoms with Gasteiger partial charge in [-0.2, -0.15) is 0 Å². The van der Waals surface area contributed by atoms with Crippen molar-refractivity contribution in [2.45, 2.75) is 13.8 Å². The Bertz CT molecular complexity index is 482. The predicted octanol–water partition coefficient (Wildman–Crippen LogP) is 1.15. The van der Waals surface area contributed by atoms with Crippen molar-refractivity contribution in [3.8, 4) is 0 Å². The number of aromatic nitrogens is 2. The predicted molar refractivity (Wildman–Crippen MR) is 77.2 cm³/mol. The number of nitrogens with zero attached hydrogens (tertiary/aromatic N) is 4. The molecule has 2 rings (SSSR count). The summed E-state index contributed by atoms with van der Waals surface area (Å²) in [7, 11) is 0. The van der Waals surface area contributed by atoms with Crippen molar-refractivity contribution < 1.29 is 9.53 Å². The van der Waals surface area contributed by atoms with E-state index >= 15 is 0 Å². The standard InChI is InChI=1S/C14H20N4O2/c1-3-20-9-4-13-10-15-11-14(16-13)18-7-5-17(6-8-18)12(2)19/h4,9-11H,3,5-8H2,1-2H3/b9-4+. The zero-order valence-electron chi connectivity index (χ0n) is 12.0. The van der Waals surface area contributed by atoms with E-state index in [0.29, 0.717) is 6.61 Å². The molecule has 0 radical (unpaired) electrons. The number of rotatable bonds is 4. The van der Waals surface area contributed by atoms with E-state index in [1.54, 1.807) is 31.7 Å². The second-order valence-electron chi connectivity index (χ2n) is 4.55. The molecule has 1 aromatic rings. The normalized spacial score (nSPS) is 15.7. The van der Waals surface area contributed by atoms with E-state index in [1.165, 1.54) is 0 Å². The molecular formula is C14H20N4O2. The average Bonchev–Trinajstić information content (AvgIpc) is 2.48. The van der Waals surface area contributed by atoms with Crippen molar-refractivity contribution in [2.24, 2.45) is 0 Å². The Kier molecular flexibility index (Phi) is 4.92. The molecule has 1 saturated heterocycles. The number of ether oxygens (including phenoxy) is 1. The van der Waals surface area contributed by atoms with E-state index in [2.05, 4.69) is 14.9 Å². The van der Waals surface area contributed by atoms with Crippen molar-refractivity contribution >= 4 is 17.8 Å². The zero-order valence-corrected chi connectivity index (χ0v) is 12.0. The Morgan fingerprint density at radius 2 is 2.10 bits per heavy atom. The molecule has 1 aliphatic heterocycles. The van der Waals surface area contributed by atoms with Gasteiger partial charge >= 0.3 is 0 Å². The summed E-state index contributed by atoms with van der Waals surface area (Å²) in [5, 5.41) is 0. The van der Waals surface area contributed by atoms with E-state index in [0.717, 1.165) is 37.7 Å². The maximum atomic E-state index is 11.3. The molecular weight excluding hydrogens is 256 g/mol. The Labute approximate surface area is 119 Å². The molecule has 0 unspecified atom stereocenters. The van der Waals surface area contributed by atoms with E-state index in [-0.39, 0.29) is 5.91 Å². The molecule has 20 heavy (non-hydrogen) atoms. The fourth-order valence-corrected chi connectivity index (χ4v) is 2.07. The first-order chi connectivity index (χ1) is 9.70. The fourth-order valence-electron chi connectivity index (χ4n) is 2.07. The van der Waals surface area contributed by atoms with Crippen LogP contribution in [0.5, 0.6) is 0 Å². The lowest BCUT2D eigenvalue weighted by atomic mass is 10.3. The minimum atomic E-state index is 0.129. The third-order valence-electron chi connectivity index (χ3n) is 3.19. The molecule has 108 valence electrons. The van der Waals surface area contributed by atoms with Gasteiger partial charge < -0.3 is 14.5 Å². The summed E-state index contributed by atoms with van der Waals surface area (Å²) >= 11 is 0. The summed E-state index contributed by atoms with van der Waals surface area (Å²) < 4.78 is 5.16. The van der Waals surface area contributed by atoms with Crippen LogP contribution in [0, 0.1) is 0 Å². The molecule has 1 fully saturated rings. The highest BCUT2D eigenvalue weighted by Gasteiger charge is 2.19. The van der Waals surface area contributed by atoms with Gasteiger partial charge in [-0.3, -0.25) is 9.78 Å². The largest absolute Gasteiger partial charge is 0.501 e. The summed E-state index contributed by atoms with van der Waals surface area (Å²) in [6, 6.07) is 0. The van der Waals surface area contributed by atoms with Crippen LogP contribution in [0.4, 0.5) is 5.82 Å². The first kappa shape index (κ1) is 14.3. The lowest BCUT2D eigenvalue weighted by Crippen LogP contribution is -2.48. The first-order valence-corrected chi connectivity index (χ1v) is 6.81. The molecule has 0 N–H and O–H groups in total. The highest BCUT2D eigenvalue weighted by atomic mass is 16.5. The number of anilines is 1. The van der Waals surface area contributed by atoms with Crippen LogP contribution in [0.3, 0.4) is 0 Å². The molecule has 2 heterocycles. The van der Waals surface area contributed by atoms with Gasteiger partial charge in [0.25, 0.3) is 0 Å². The lowest BCUT2D eigenvalue weighted by Gasteiger charge is -2.34. The monoisotopic (exact) mass is 276 g/mol. The Balaban J connectivity index is 1.99. The molecule has 0 spiro atoms. The number of hydrogen-bond acceptors (Lipinski definition) is 5. The van der Waals surface area contributed by atoms with Gasteiger partial charge in [0.15, 0.2) is 0 Å². The van der Waals surface area contributed by atoms with Crippen molar-refractivity contribution in [1.29, 1.82) is 0 Å². The third-order valence-corrected chi connectivity index (χ3v) is 3.19. The lowest BCUT2D eigenvalue weighted by molar-refractivity contribution is -0.129. The van der Waals surface area contributed by atoms with Gasteiger partial charge in [0.1, 0.15) is 5.82 Å². The van der Waals surface area contributed by atoms with Crippen LogP contribution in [0.25, 0.3) is 6.08 Å². The van der Waals surface area contributed by atoms with Crippen molar-refractivity contribution in [1.82, 2.24) is 14.9 Å². The smallest absolute Gasteiger partial charge is 0.219 e. The molecule has 0 saturated carbocycles. The summed E-state index contributed by atoms with van der Waals surface area (Å²) in [4.78, 5) is 24.0. The second-order valence-corrected chi connectivity index (χ2v) is 4.55. The van der Waals surface area contributed by atoms with Gasteiger partial charge in [0.2, 0.25) is 5.91 Å². The van der Waals surface area contributed by atoms with Crippen LogP contribution in [0.15, 0.2) is 18.7 Å². The van der Waals surface area contributed by atoms with E-state index in [9.17, 15) is 4.79 Å². The van der Waals surface area contributed by atoms with Crippen LogP contribution in [0.2, 0.25) is 0 Å².